The highest BCUT2D eigenvalue weighted by Crippen LogP contribution is 2.31. The number of nitrogens with zero attached hydrogens (tertiary/aromatic N) is 1. The van der Waals surface area contributed by atoms with Crippen LogP contribution in [0.25, 0.3) is 0 Å². The van der Waals surface area contributed by atoms with E-state index in [4.69, 9.17) is 26.2 Å². The lowest BCUT2D eigenvalue weighted by atomic mass is 10.2. The van der Waals surface area contributed by atoms with E-state index in [0.29, 0.717) is 23.0 Å². The number of nitrogens with one attached hydrogen (secondary N) is 1. The molecule has 1 heterocycles. The highest BCUT2D eigenvalue weighted by atomic mass is 35.5. The molecule has 0 saturated heterocycles. The minimum Gasteiger partial charge on any atom is -0.493 e. The Morgan fingerprint density at radius 3 is 2.52 bits per heavy atom. The van der Waals surface area contributed by atoms with Crippen LogP contribution in [0.3, 0.4) is 0 Å². The first-order valence-corrected chi connectivity index (χ1v) is 6.31. The number of methoxy groups -OCH3 is 2. The predicted molar refractivity (Wildman–Crippen MR) is 79.0 cm³/mol. The van der Waals surface area contributed by atoms with Gasteiger partial charge in [0.2, 0.25) is 0 Å². The molecule has 0 atom stereocenters. The zero-order valence-corrected chi connectivity index (χ0v) is 12.1. The number of carboxylic acid groups (broad SMARTS) is 1. The van der Waals surface area contributed by atoms with Crippen LogP contribution < -0.4 is 14.8 Å². The molecule has 1 aromatic heterocycles. The Bertz CT molecular complexity index is 676. The molecule has 2 N–H and O–H groups in total. The summed E-state index contributed by atoms with van der Waals surface area (Å²) in [6.45, 7) is 0. The van der Waals surface area contributed by atoms with Gasteiger partial charge in [-0.1, -0.05) is 11.6 Å². The maximum absolute atomic E-state index is 11.0. The molecule has 7 heteroatoms. The van der Waals surface area contributed by atoms with Crippen molar-refractivity contribution in [2.24, 2.45) is 0 Å². The van der Waals surface area contributed by atoms with Crippen molar-refractivity contribution < 1.29 is 19.4 Å². The molecule has 0 spiro atoms. The number of aromatic nitrogens is 1. The van der Waals surface area contributed by atoms with E-state index in [1.54, 1.807) is 25.3 Å². The third-order valence-electron chi connectivity index (χ3n) is 2.70. The summed E-state index contributed by atoms with van der Waals surface area (Å²) in [6, 6.07) is 7.87. The van der Waals surface area contributed by atoms with Crippen LogP contribution in [-0.4, -0.2) is 30.3 Å². The first-order chi connectivity index (χ1) is 10.0. The van der Waals surface area contributed by atoms with Crippen molar-refractivity contribution in [1.82, 2.24) is 4.98 Å². The second kappa shape index (κ2) is 6.32. The van der Waals surface area contributed by atoms with E-state index >= 15 is 0 Å². The summed E-state index contributed by atoms with van der Waals surface area (Å²) in [5.74, 6) is 0.387. The fraction of sp³-hybridized carbons (Fsp3) is 0.143. The zero-order valence-electron chi connectivity index (χ0n) is 11.4. The Labute approximate surface area is 126 Å². The molecule has 0 saturated carbocycles. The number of pyridine rings is 1. The van der Waals surface area contributed by atoms with Gasteiger partial charge in [-0.25, -0.2) is 9.78 Å². The SMILES string of the molecule is COc1ccc(Nc2cc(C(=O)O)cc(Cl)n2)cc1OC. The molecule has 0 bridgehead atoms. The van der Waals surface area contributed by atoms with Crippen LogP contribution in [-0.2, 0) is 0 Å². The first kappa shape index (κ1) is 14.9. The Morgan fingerprint density at radius 1 is 1.19 bits per heavy atom. The van der Waals surface area contributed by atoms with E-state index in [2.05, 4.69) is 10.3 Å². The number of rotatable bonds is 5. The molecule has 0 radical (unpaired) electrons. The van der Waals surface area contributed by atoms with Gasteiger partial charge in [-0.15, -0.1) is 0 Å². The molecule has 110 valence electrons. The zero-order chi connectivity index (χ0) is 15.4. The van der Waals surface area contributed by atoms with Crippen LogP contribution in [0.15, 0.2) is 30.3 Å². The third-order valence-corrected chi connectivity index (χ3v) is 2.89. The van der Waals surface area contributed by atoms with Crippen molar-refractivity contribution in [3.05, 3.63) is 41.0 Å². The van der Waals surface area contributed by atoms with Crippen LogP contribution in [0.4, 0.5) is 11.5 Å². The Kier molecular flexibility index (Phi) is 4.49. The Balaban J connectivity index is 2.31. The van der Waals surface area contributed by atoms with Gasteiger partial charge in [-0.2, -0.15) is 0 Å². The number of benzene rings is 1. The van der Waals surface area contributed by atoms with Crippen LogP contribution in [0.5, 0.6) is 11.5 Å². The molecule has 0 unspecified atom stereocenters. The van der Waals surface area contributed by atoms with Crippen LogP contribution >= 0.6 is 11.6 Å². The normalized spacial score (nSPS) is 10.0. The van der Waals surface area contributed by atoms with Gasteiger partial charge >= 0.3 is 5.97 Å². The van der Waals surface area contributed by atoms with Gasteiger partial charge in [-0.3, -0.25) is 0 Å². The minimum absolute atomic E-state index is 0.0537. The lowest BCUT2D eigenvalue weighted by Gasteiger charge is -2.11. The lowest BCUT2D eigenvalue weighted by Crippen LogP contribution is -2.01. The Hall–Kier alpha value is -2.47. The van der Waals surface area contributed by atoms with E-state index in [1.807, 2.05) is 0 Å². The highest BCUT2D eigenvalue weighted by molar-refractivity contribution is 6.29. The summed E-state index contributed by atoms with van der Waals surface area (Å²) >= 11 is 5.81. The minimum atomic E-state index is -1.07. The van der Waals surface area contributed by atoms with Gasteiger partial charge in [0, 0.05) is 11.8 Å². The van der Waals surface area contributed by atoms with Crippen LogP contribution in [0, 0.1) is 0 Å². The van der Waals surface area contributed by atoms with E-state index in [9.17, 15) is 4.79 Å². The molecular weight excluding hydrogens is 296 g/mol. The Morgan fingerprint density at radius 2 is 1.90 bits per heavy atom. The molecule has 0 amide bonds. The van der Waals surface area contributed by atoms with Gasteiger partial charge in [0.25, 0.3) is 0 Å². The highest BCUT2D eigenvalue weighted by Gasteiger charge is 2.09. The molecule has 21 heavy (non-hydrogen) atoms. The van der Waals surface area contributed by atoms with Crippen molar-refractivity contribution in [1.29, 1.82) is 0 Å². The van der Waals surface area contributed by atoms with Crippen LogP contribution in [0.1, 0.15) is 10.4 Å². The largest absolute Gasteiger partial charge is 0.493 e. The summed E-state index contributed by atoms with van der Waals surface area (Å²) in [5.41, 5.74) is 0.719. The first-order valence-electron chi connectivity index (χ1n) is 5.93. The van der Waals surface area contributed by atoms with Crippen molar-refractivity contribution in [2.45, 2.75) is 0 Å². The molecule has 1 aromatic carbocycles. The van der Waals surface area contributed by atoms with E-state index < -0.39 is 5.97 Å². The summed E-state index contributed by atoms with van der Waals surface area (Å²) < 4.78 is 10.3. The van der Waals surface area contributed by atoms with Crippen molar-refractivity contribution in [2.75, 3.05) is 19.5 Å². The monoisotopic (exact) mass is 308 g/mol. The number of ether oxygens (including phenoxy) is 2. The summed E-state index contributed by atoms with van der Waals surface area (Å²) in [7, 11) is 3.07. The van der Waals surface area contributed by atoms with E-state index in [1.165, 1.54) is 19.2 Å². The van der Waals surface area contributed by atoms with Gasteiger partial charge in [0.15, 0.2) is 11.5 Å². The molecule has 0 aliphatic carbocycles. The third kappa shape index (κ3) is 3.55. The molecule has 6 nitrogen and oxygen atoms in total. The molecule has 0 aliphatic rings. The number of anilines is 2. The molecule has 2 rings (SSSR count). The predicted octanol–water partition coefficient (Wildman–Crippen LogP) is 3.19. The van der Waals surface area contributed by atoms with Crippen molar-refractivity contribution in [3.63, 3.8) is 0 Å². The second-order valence-corrected chi connectivity index (χ2v) is 4.45. The van der Waals surface area contributed by atoms with E-state index in [-0.39, 0.29) is 10.7 Å². The molecule has 0 aliphatic heterocycles. The van der Waals surface area contributed by atoms with Gasteiger partial charge in [0.05, 0.1) is 19.8 Å². The maximum atomic E-state index is 11.0. The number of carbonyl (C=O) groups is 1. The average Bonchev–Trinajstić information content (AvgIpc) is 2.46. The van der Waals surface area contributed by atoms with Crippen LogP contribution in [0.2, 0.25) is 5.15 Å². The fourth-order valence-corrected chi connectivity index (χ4v) is 1.95. The maximum Gasteiger partial charge on any atom is 0.335 e. The summed E-state index contributed by atoms with van der Waals surface area (Å²) in [6.07, 6.45) is 0. The summed E-state index contributed by atoms with van der Waals surface area (Å²) in [4.78, 5) is 15.0. The quantitative estimate of drug-likeness (QED) is 0.826. The molecule has 2 aromatic rings. The smallest absolute Gasteiger partial charge is 0.335 e. The average molecular weight is 309 g/mol. The van der Waals surface area contributed by atoms with Gasteiger partial charge in [0.1, 0.15) is 11.0 Å². The fourth-order valence-electron chi connectivity index (χ4n) is 1.75. The molecular formula is C14H13ClN2O4. The summed E-state index contributed by atoms with van der Waals surface area (Å²) in [5, 5.41) is 12.1. The number of carboxylic acids is 1. The number of hydrogen-bond donors (Lipinski definition) is 2. The van der Waals surface area contributed by atoms with Crippen molar-refractivity contribution >= 4 is 29.1 Å². The van der Waals surface area contributed by atoms with Gasteiger partial charge in [-0.05, 0) is 24.3 Å². The van der Waals surface area contributed by atoms with E-state index in [0.717, 1.165) is 0 Å². The van der Waals surface area contributed by atoms with Crippen molar-refractivity contribution in [3.8, 4) is 11.5 Å². The topological polar surface area (TPSA) is 80.7 Å². The second-order valence-electron chi connectivity index (χ2n) is 4.06. The molecule has 0 fully saturated rings. The lowest BCUT2D eigenvalue weighted by molar-refractivity contribution is 0.0697. The standard InChI is InChI=1S/C14H13ClN2O4/c1-20-10-4-3-9(7-11(10)21-2)16-13-6-8(14(18)19)5-12(15)17-13/h3-7H,1-2H3,(H,16,17)(H,18,19). The number of hydrogen-bond acceptors (Lipinski definition) is 5. The number of halogens is 1. The van der Waals surface area contributed by atoms with Gasteiger partial charge < -0.3 is 19.9 Å². The number of aromatic carboxylic acids is 1.